The van der Waals surface area contributed by atoms with E-state index >= 15 is 0 Å². The molecule has 6 nitrogen and oxygen atoms in total. The van der Waals surface area contributed by atoms with Crippen LogP contribution in [0.4, 0.5) is 5.69 Å². The van der Waals surface area contributed by atoms with Crippen LogP contribution in [-0.4, -0.2) is 41.1 Å². The minimum absolute atomic E-state index is 0.138. The highest BCUT2D eigenvalue weighted by Crippen LogP contribution is 2.22. The smallest absolute Gasteiger partial charge is 0.339 e. The number of aliphatic hydroxyl groups is 3. The summed E-state index contributed by atoms with van der Waals surface area (Å²) in [5.74, 6) is -0.578. The van der Waals surface area contributed by atoms with E-state index in [1.54, 1.807) is 0 Å². The van der Waals surface area contributed by atoms with Gasteiger partial charge in [-0.1, -0.05) is 6.07 Å². The summed E-state index contributed by atoms with van der Waals surface area (Å²) in [4.78, 5) is 11.3. The summed E-state index contributed by atoms with van der Waals surface area (Å²) in [7, 11) is 1.24. The lowest BCUT2D eigenvalue weighted by molar-refractivity contribution is -0.0152. The van der Waals surface area contributed by atoms with E-state index in [0.717, 1.165) is 0 Å². The number of methoxy groups -OCH3 is 1. The molecule has 94 valence electrons. The SMILES string of the molecule is COC(=O)c1ccc(C(O)C(O)CO)cc1N. The standard InChI is InChI=1S/C11H15NO5/c1-17-11(16)7-3-2-6(4-8(7)12)10(15)9(14)5-13/h2-4,9-10,13-15H,5,12H2,1H3. The van der Waals surface area contributed by atoms with Gasteiger partial charge in [0.05, 0.1) is 19.3 Å². The van der Waals surface area contributed by atoms with Gasteiger partial charge in [0.15, 0.2) is 0 Å². The van der Waals surface area contributed by atoms with Crippen molar-refractivity contribution in [1.82, 2.24) is 0 Å². The van der Waals surface area contributed by atoms with E-state index in [4.69, 9.17) is 10.8 Å². The molecule has 0 saturated carbocycles. The van der Waals surface area contributed by atoms with Crippen LogP contribution in [0.3, 0.4) is 0 Å². The molecule has 0 spiro atoms. The number of carbonyl (C=O) groups excluding carboxylic acids is 1. The van der Waals surface area contributed by atoms with Gasteiger partial charge in [-0.3, -0.25) is 0 Å². The van der Waals surface area contributed by atoms with Gasteiger partial charge in [0.1, 0.15) is 12.2 Å². The molecular formula is C11H15NO5. The zero-order valence-corrected chi connectivity index (χ0v) is 9.33. The highest BCUT2D eigenvalue weighted by atomic mass is 16.5. The van der Waals surface area contributed by atoms with Crippen LogP contribution in [0.15, 0.2) is 18.2 Å². The second-order valence-corrected chi connectivity index (χ2v) is 3.53. The minimum atomic E-state index is -1.29. The van der Waals surface area contributed by atoms with Gasteiger partial charge in [-0.25, -0.2) is 4.79 Å². The van der Waals surface area contributed by atoms with Crippen molar-refractivity contribution in [3.05, 3.63) is 29.3 Å². The molecule has 0 amide bonds. The van der Waals surface area contributed by atoms with E-state index in [-0.39, 0.29) is 11.3 Å². The monoisotopic (exact) mass is 241 g/mol. The van der Waals surface area contributed by atoms with Gasteiger partial charge in [0.25, 0.3) is 0 Å². The zero-order chi connectivity index (χ0) is 13.0. The van der Waals surface area contributed by atoms with Gasteiger partial charge in [0, 0.05) is 5.69 Å². The number of nitrogens with two attached hydrogens (primary N) is 1. The van der Waals surface area contributed by atoms with Gasteiger partial charge in [-0.15, -0.1) is 0 Å². The van der Waals surface area contributed by atoms with Gasteiger partial charge in [0.2, 0.25) is 0 Å². The van der Waals surface area contributed by atoms with E-state index in [0.29, 0.717) is 5.56 Å². The van der Waals surface area contributed by atoms with E-state index in [2.05, 4.69) is 4.74 Å². The molecule has 1 aromatic rings. The number of nitrogen functional groups attached to an aromatic ring is 1. The maximum atomic E-state index is 11.3. The molecule has 0 bridgehead atoms. The topological polar surface area (TPSA) is 113 Å². The van der Waals surface area contributed by atoms with Crippen LogP contribution in [0.5, 0.6) is 0 Å². The fourth-order valence-electron chi connectivity index (χ4n) is 1.38. The first kappa shape index (κ1) is 13.4. The van der Waals surface area contributed by atoms with Crippen LogP contribution < -0.4 is 5.73 Å². The number of carbonyl (C=O) groups is 1. The maximum absolute atomic E-state index is 11.3. The van der Waals surface area contributed by atoms with Crippen molar-refractivity contribution >= 4 is 11.7 Å². The third-order valence-corrected chi connectivity index (χ3v) is 2.37. The minimum Gasteiger partial charge on any atom is -0.465 e. The molecule has 1 aromatic carbocycles. The van der Waals surface area contributed by atoms with Crippen LogP contribution >= 0.6 is 0 Å². The number of aliphatic hydroxyl groups excluding tert-OH is 3. The Bertz CT molecular complexity index is 407. The second kappa shape index (κ2) is 5.62. The van der Waals surface area contributed by atoms with Crippen LogP contribution in [0, 0.1) is 0 Å². The first-order chi connectivity index (χ1) is 8.01. The number of hydrogen-bond acceptors (Lipinski definition) is 6. The third kappa shape index (κ3) is 2.94. The summed E-state index contributed by atoms with van der Waals surface area (Å²) in [6.45, 7) is -0.570. The maximum Gasteiger partial charge on any atom is 0.339 e. The average molecular weight is 241 g/mol. The van der Waals surface area contributed by atoms with Crippen LogP contribution in [-0.2, 0) is 4.74 Å². The van der Waals surface area contributed by atoms with Gasteiger partial charge in [-0.2, -0.15) is 0 Å². The highest BCUT2D eigenvalue weighted by Gasteiger charge is 2.19. The fraction of sp³-hybridized carbons (Fsp3) is 0.364. The molecule has 2 unspecified atom stereocenters. The Labute approximate surface area is 98.3 Å². The zero-order valence-electron chi connectivity index (χ0n) is 9.33. The van der Waals surface area contributed by atoms with Crippen molar-refractivity contribution in [3.63, 3.8) is 0 Å². The molecule has 0 radical (unpaired) electrons. The second-order valence-electron chi connectivity index (χ2n) is 3.53. The summed E-state index contributed by atoms with van der Waals surface area (Å²) in [6, 6.07) is 4.19. The van der Waals surface area contributed by atoms with Gasteiger partial charge >= 0.3 is 5.97 Å². The molecule has 17 heavy (non-hydrogen) atoms. The van der Waals surface area contributed by atoms with Crippen molar-refractivity contribution in [1.29, 1.82) is 0 Å². The van der Waals surface area contributed by atoms with E-state index < -0.39 is 24.8 Å². The molecule has 1 rings (SSSR count). The average Bonchev–Trinajstić information content (AvgIpc) is 2.35. The molecule has 0 aliphatic rings. The fourth-order valence-corrected chi connectivity index (χ4v) is 1.38. The molecule has 0 fully saturated rings. The van der Waals surface area contributed by atoms with Crippen LogP contribution in [0.2, 0.25) is 0 Å². The number of anilines is 1. The highest BCUT2D eigenvalue weighted by molar-refractivity contribution is 5.95. The Kier molecular flexibility index (Phi) is 4.45. The Hall–Kier alpha value is -1.63. The molecule has 2 atom stereocenters. The third-order valence-electron chi connectivity index (χ3n) is 2.37. The van der Waals surface area contributed by atoms with E-state index in [1.807, 2.05) is 0 Å². The van der Waals surface area contributed by atoms with Gasteiger partial charge < -0.3 is 25.8 Å². The van der Waals surface area contributed by atoms with Crippen molar-refractivity contribution in [2.75, 3.05) is 19.5 Å². The van der Waals surface area contributed by atoms with Crippen LogP contribution in [0.25, 0.3) is 0 Å². The first-order valence-corrected chi connectivity index (χ1v) is 4.96. The van der Waals surface area contributed by atoms with Crippen LogP contribution in [0.1, 0.15) is 22.0 Å². The number of benzene rings is 1. The Morgan fingerprint density at radius 1 is 1.47 bits per heavy atom. The number of hydrogen-bond donors (Lipinski definition) is 4. The summed E-state index contributed by atoms with van der Waals surface area (Å²) in [5, 5.41) is 27.6. The number of esters is 1. The van der Waals surface area contributed by atoms with Crippen molar-refractivity contribution in [3.8, 4) is 0 Å². The molecule has 0 saturated heterocycles. The lowest BCUT2D eigenvalue weighted by Gasteiger charge is -2.16. The predicted octanol–water partition coefficient (Wildman–Crippen LogP) is -0.558. The Morgan fingerprint density at radius 2 is 2.12 bits per heavy atom. The molecule has 0 aliphatic carbocycles. The summed E-state index contributed by atoms with van der Waals surface area (Å²) >= 11 is 0. The molecular weight excluding hydrogens is 226 g/mol. The van der Waals surface area contributed by atoms with E-state index in [9.17, 15) is 15.0 Å². The predicted molar refractivity (Wildman–Crippen MR) is 60.2 cm³/mol. The quantitative estimate of drug-likeness (QED) is 0.415. The first-order valence-electron chi connectivity index (χ1n) is 4.96. The number of ether oxygens (including phenoxy) is 1. The molecule has 6 heteroatoms. The normalized spacial score (nSPS) is 14.1. The summed E-state index contributed by atoms with van der Waals surface area (Å²) in [5.41, 5.74) is 6.26. The molecule has 0 aromatic heterocycles. The molecule has 0 aliphatic heterocycles. The number of rotatable bonds is 4. The van der Waals surface area contributed by atoms with Crippen molar-refractivity contribution in [2.24, 2.45) is 0 Å². The Morgan fingerprint density at radius 3 is 2.59 bits per heavy atom. The van der Waals surface area contributed by atoms with Gasteiger partial charge in [-0.05, 0) is 17.7 Å². The summed E-state index contributed by atoms with van der Waals surface area (Å²) in [6.07, 6.45) is -2.55. The lowest BCUT2D eigenvalue weighted by atomic mass is 10.0. The molecule has 0 heterocycles. The lowest BCUT2D eigenvalue weighted by Crippen LogP contribution is -2.22. The van der Waals surface area contributed by atoms with Crippen molar-refractivity contribution in [2.45, 2.75) is 12.2 Å². The largest absolute Gasteiger partial charge is 0.465 e. The molecule has 5 N–H and O–H groups in total. The summed E-state index contributed by atoms with van der Waals surface area (Å²) < 4.78 is 4.52. The van der Waals surface area contributed by atoms with Crippen molar-refractivity contribution < 1.29 is 24.9 Å². The van der Waals surface area contributed by atoms with E-state index in [1.165, 1.54) is 25.3 Å². The Balaban J connectivity index is 3.00.